The van der Waals surface area contributed by atoms with E-state index in [2.05, 4.69) is 34.6 Å². The van der Waals surface area contributed by atoms with Crippen molar-refractivity contribution in [3.05, 3.63) is 53.4 Å². The van der Waals surface area contributed by atoms with Crippen molar-refractivity contribution >= 4 is 11.9 Å². The molecule has 1 aromatic carbocycles. The third-order valence-electron chi connectivity index (χ3n) is 4.14. The van der Waals surface area contributed by atoms with E-state index in [1.54, 1.807) is 11.9 Å². The summed E-state index contributed by atoms with van der Waals surface area (Å²) in [6.45, 7) is 5.74. The lowest BCUT2D eigenvalue weighted by molar-refractivity contribution is -0.130. The molecular formula is C20H29N5O2. The number of guanidine groups is 1. The molecule has 2 rings (SSSR count). The predicted octanol–water partition coefficient (Wildman–Crippen LogP) is 2.51. The molecule has 0 atom stereocenters. The highest BCUT2D eigenvalue weighted by Crippen LogP contribution is 2.13. The second-order valence-electron chi connectivity index (χ2n) is 6.71. The van der Waals surface area contributed by atoms with Crippen molar-refractivity contribution in [1.82, 2.24) is 20.7 Å². The van der Waals surface area contributed by atoms with Crippen LogP contribution in [0.4, 0.5) is 0 Å². The van der Waals surface area contributed by atoms with Gasteiger partial charge in [0, 0.05) is 39.7 Å². The maximum absolute atomic E-state index is 12.3. The Morgan fingerprint density at radius 2 is 2.00 bits per heavy atom. The monoisotopic (exact) mass is 371 g/mol. The van der Waals surface area contributed by atoms with Gasteiger partial charge in [-0.2, -0.15) is 0 Å². The van der Waals surface area contributed by atoms with E-state index in [0.29, 0.717) is 37.9 Å². The Morgan fingerprint density at radius 1 is 1.26 bits per heavy atom. The molecule has 0 saturated heterocycles. The van der Waals surface area contributed by atoms with E-state index in [1.807, 2.05) is 43.4 Å². The van der Waals surface area contributed by atoms with Crippen molar-refractivity contribution in [3.8, 4) is 0 Å². The third kappa shape index (κ3) is 6.77. The highest BCUT2D eigenvalue weighted by molar-refractivity contribution is 5.81. The Balaban J connectivity index is 1.71. The molecule has 1 aromatic heterocycles. The summed E-state index contributed by atoms with van der Waals surface area (Å²) in [5.41, 5.74) is 2.05. The van der Waals surface area contributed by atoms with Gasteiger partial charge in [-0.25, -0.2) is 0 Å². The summed E-state index contributed by atoms with van der Waals surface area (Å²) in [7, 11) is 3.51. The van der Waals surface area contributed by atoms with Crippen molar-refractivity contribution in [1.29, 1.82) is 0 Å². The van der Waals surface area contributed by atoms with E-state index in [4.69, 9.17) is 4.52 Å². The molecule has 0 aliphatic carbocycles. The number of hydrogen-bond donors (Lipinski definition) is 2. The summed E-state index contributed by atoms with van der Waals surface area (Å²) in [6.07, 6.45) is 0.393. The first kappa shape index (κ1) is 20.5. The molecule has 0 aliphatic heterocycles. The molecule has 2 aromatic rings. The summed E-state index contributed by atoms with van der Waals surface area (Å²) in [5, 5.41) is 10.3. The van der Waals surface area contributed by atoms with Crippen LogP contribution in [0.5, 0.6) is 0 Å². The van der Waals surface area contributed by atoms with Crippen molar-refractivity contribution in [3.63, 3.8) is 0 Å². The molecule has 1 heterocycles. The number of benzene rings is 1. The molecule has 0 fully saturated rings. The first-order valence-electron chi connectivity index (χ1n) is 9.17. The van der Waals surface area contributed by atoms with Crippen LogP contribution in [0.2, 0.25) is 0 Å². The van der Waals surface area contributed by atoms with Gasteiger partial charge in [0.2, 0.25) is 5.91 Å². The number of aliphatic imine (C=N–C) groups is 1. The minimum Gasteiger partial charge on any atom is -0.359 e. The molecule has 1 amide bonds. The van der Waals surface area contributed by atoms with Gasteiger partial charge in [0.05, 0.1) is 12.2 Å². The maximum atomic E-state index is 12.3. The van der Waals surface area contributed by atoms with E-state index in [0.717, 1.165) is 17.0 Å². The standard InChI is InChI=1S/C20H29N5O2/c1-15(2)18-12-17(27-24-18)13-23-20(21-3)22-11-10-19(26)25(4)14-16-8-6-5-7-9-16/h5-9,12,15H,10-11,13-14H2,1-4H3,(H2,21,22,23). The largest absolute Gasteiger partial charge is 0.359 e. The van der Waals surface area contributed by atoms with Gasteiger partial charge in [0.1, 0.15) is 0 Å². The van der Waals surface area contributed by atoms with Gasteiger partial charge in [0.15, 0.2) is 11.7 Å². The number of carbonyl (C=O) groups is 1. The SMILES string of the molecule is CN=C(NCCC(=O)N(C)Cc1ccccc1)NCc1cc(C(C)C)no1. The molecule has 2 N–H and O–H groups in total. The lowest BCUT2D eigenvalue weighted by Crippen LogP contribution is -2.39. The molecule has 7 nitrogen and oxygen atoms in total. The number of aromatic nitrogens is 1. The van der Waals surface area contributed by atoms with Gasteiger partial charge in [0.25, 0.3) is 0 Å². The lowest BCUT2D eigenvalue weighted by atomic mass is 10.1. The molecule has 27 heavy (non-hydrogen) atoms. The Bertz CT molecular complexity index is 740. The van der Waals surface area contributed by atoms with Gasteiger partial charge < -0.3 is 20.1 Å². The quantitative estimate of drug-likeness (QED) is 0.550. The first-order chi connectivity index (χ1) is 13.0. The number of nitrogens with zero attached hydrogens (tertiary/aromatic N) is 3. The van der Waals surface area contributed by atoms with Crippen LogP contribution in [-0.2, 0) is 17.9 Å². The normalized spacial score (nSPS) is 11.5. The minimum absolute atomic E-state index is 0.0821. The molecule has 0 unspecified atom stereocenters. The zero-order valence-electron chi connectivity index (χ0n) is 16.5. The summed E-state index contributed by atoms with van der Waals surface area (Å²) in [5.74, 6) is 1.79. The fourth-order valence-corrected chi connectivity index (χ4v) is 2.50. The van der Waals surface area contributed by atoms with Crippen LogP contribution < -0.4 is 10.6 Å². The van der Waals surface area contributed by atoms with E-state index in [1.165, 1.54) is 0 Å². The van der Waals surface area contributed by atoms with Gasteiger partial charge in [-0.1, -0.05) is 49.3 Å². The predicted molar refractivity (Wildman–Crippen MR) is 106 cm³/mol. The smallest absolute Gasteiger partial charge is 0.224 e. The Labute approximate surface area is 160 Å². The number of rotatable bonds is 8. The Morgan fingerprint density at radius 3 is 2.63 bits per heavy atom. The van der Waals surface area contributed by atoms with Crippen LogP contribution in [0.25, 0.3) is 0 Å². The zero-order chi connectivity index (χ0) is 19.6. The average Bonchev–Trinajstić information content (AvgIpc) is 3.14. The molecule has 0 spiro atoms. The third-order valence-corrected chi connectivity index (χ3v) is 4.14. The molecule has 7 heteroatoms. The molecule has 146 valence electrons. The minimum atomic E-state index is 0.0821. The highest BCUT2D eigenvalue weighted by atomic mass is 16.5. The summed E-state index contributed by atoms with van der Waals surface area (Å²) >= 11 is 0. The number of carbonyl (C=O) groups excluding carboxylic acids is 1. The van der Waals surface area contributed by atoms with Gasteiger partial charge in [-0.15, -0.1) is 0 Å². The summed E-state index contributed by atoms with van der Waals surface area (Å²) < 4.78 is 5.30. The van der Waals surface area contributed by atoms with Crippen molar-refractivity contribution in [2.24, 2.45) is 4.99 Å². The number of amides is 1. The first-order valence-corrected chi connectivity index (χ1v) is 9.17. The number of nitrogens with one attached hydrogen (secondary N) is 2. The molecule has 0 aliphatic rings. The van der Waals surface area contributed by atoms with Crippen LogP contribution in [0.1, 0.15) is 43.2 Å². The molecule has 0 bridgehead atoms. The Kier molecular flexibility index (Phi) is 7.85. The van der Waals surface area contributed by atoms with Crippen LogP contribution in [0, 0.1) is 0 Å². The van der Waals surface area contributed by atoms with Crippen molar-refractivity contribution in [2.75, 3.05) is 20.6 Å². The second-order valence-corrected chi connectivity index (χ2v) is 6.71. The lowest BCUT2D eigenvalue weighted by Gasteiger charge is -2.18. The summed E-state index contributed by atoms with van der Waals surface area (Å²) in [6, 6.07) is 11.9. The average molecular weight is 371 g/mol. The van der Waals surface area contributed by atoms with E-state index >= 15 is 0 Å². The Hall–Kier alpha value is -2.83. The fourth-order valence-electron chi connectivity index (χ4n) is 2.50. The van der Waals surface area contributed by atoms with E-state index in [9.17, 15) is 4.79 Å². The van der Waals surface area contributed by atoms with Crippen LogP contribution in [-0.4, -0.2) is 42.6 Å². The van der Waals surface area contributed by atoms with Crippen LogP contribution >= 0.6 is 0 Å². The van der Waals surface area contributed by atoms with Gasteiger partial charge >= 0.3 is 0 Å². The van der Waals surface area contributed by atoms with Gasteiger partial charge in [-0.05, 0) is 11.5 Å². The van der Waals surface area contributed by atoms with Gasteiger partial charge in [-0.3, -0.25) is 9.79 Å². The van der Waals surface area contributed by atoms with Crippen molar-refractivity contribution < 1.29 is 9.32 Å². The number of hydrogen-bond acceptors (Lipinski definition) is 4. The van der Waals surface area contributed by atoms with Crippen LogP contribution in [0.15, 0.2) is 45.9 Å². The molecule has 0 saturated carbocycles. The highest BCUT2D eigenvalue weighted by Gasteiger charge is 2.10. The van der Waals surface area contributed by atoms with E-state index in [-0.39, 0.29) is 5.91 Å². The fraction of sp³-hybridized carbons (Fsp3) is 0.450. The van der Waals surface area contributed by atoms with Crippen LogP contribution in [0.3, 0.4) is 0 Å². The molecular weight excluding hydrogens is 342 g/mol. The maximum Gasteiger partial charge on any atom is 0.224 e. The summed E-state index contributed by atoms with van der Waals surface area (Å²) in [4.78, 5) is 18.2. The van der Waals surface area contributed by atoms with Crippen molar-refractivity contribution in [2.45, 2.75) is 39.3 Å². The zero-order valence-corrected chi connectivity index (χ0v) is 16.5. The topological polar surface area (TPSA) is 82.8 Å². The molecule has 0 radical (unpaired) electrons. The second kappa shape index (κ2) is 10.4. The van der Waals surface area contributed by atoms with E-state index < -0.39 is 0 Å².